The summed E-state index contributed by atoms with van der Waals surface area (Å²) in [7, 11) is 0. The van der Waals surface area contributed by atoms with Crippen molar-refractivity contribution in [3.63, 3.8) is 0 Å². The van der Waals surface area contributed by atoms with Gasteiger partial charge in [0.1, 0.15) is 0 Å². The van der Waals surface area contributed by atoms with Crippen LogP contribution >= 0.6 is 0 Å². The molecule has 0 aliphatic rings. The first-order valence-electron chi connectivity index (χ1n) is 1.23. The van der Waals surface area contributed by atoms with Crippen LogP contribution in [0.3, 0.4) is 0 Å². The number of rotatable bonds is 1. The van der Waals surface area contributed by atoms with Gasteiger partial charge in [0.25, 0.3) is 0 Å². The first kappa shape index (κ1) is 8.96. The highest BCUT2D eigenvalue weighted by Gasteiger charge is 1.52. The molecule has 0 aromatic rings. The van der Waals surface area contributed by atoms with Crippen LogP contribution in [0.15, 0.2) is 0 Å². The van der Waals surface area contributed by atoms with Crippen molar-refractivity contribution in [2.45, 2.75) is 6.92 Å². The highest BCUT2D eigenvalue weighted by Crippen LogP contribution is 1.46. The SMILES string of the molecule is CCON.[Cl-].[H+]. The molecule has 0 amide bonds. The highest BCUT2D eigenvalue weighted by atomic mass is 35.5. The summed E-state index contributed by atoms with van der Waals surface area (Å²) in [6.07, 6.45) is 0. The van der Waals surface area contributed by atoms with Crippen LogP contribution in [-0.4, -0.2) is 6.61 Å². The van der Waals surface area contributed by atoms with Crippen molar-refractivity contribution in [3.05, 3.63) is 0 Å². The Labute approximate surface area is 39.1 Å². The first-order chi connectivity index (χ1) is 1.91. The lowest BCUT2D eigenvalue weighted by molar-refractivity contribution is -0.00000141. The van der Waals surface area contributed by atoms with Gasteiger partial charge in [0.2, 0.25) is 0 Å². The van der Waals surface area contributed by atoms with E-state index in [2.05, 4.69) is 10.7 Å². The minimum Gasteiger partial charge on any atom is -1.00 e. The zero-order valence-electron chi connectivity index (χ0n) is 4.07. The maximum Gasteiger partial charge on any atom is 1.00 e. The zero-order valence-corrected chi connectivity index (χ0v) is 3.83. The maximum atomic E-state index is 4.53. The molecule has 0 radical (unpaired) electrons. The Hall–Kier alpha value is 0.210. The Kier molecular flexibility index (Phi) is 15.9. The minimum atomic E-state index is 0. The number of hydrogen-bond donors (Lipinski definition) is 1. The van der Waals surface area contributed by atoms with Crippen LogP contribution in [0.25, 0.3) is 0 Å². The van der Waals surface area contributed by atoms with Gasteiger partial charge < -0.3 is 17.2 Å². The lowest BCUT2D eigenvalue weighted by Gasteiger charge is -1.76. The van der Waals surface area contributed by atoms with Crippen LogP contribution in [-0.2, 0) is 4.84 Å². The predicted octanol–water partition coefficient (Wildman–Crippen LogP) is -2.99. The molecule has 0 aromatic heterocycles. The third-order valence-electron chi connectivity index (χ3n) is 0.167. The van der Waals surface area contributed by atoms with Crippen LogP contribution in [0, 0.1) is 0 Å². The molecular formula is C2H8ClNO. The Morgan fingerprint density at radius 3 is 2.20 bits per heavy atom. The normalized spacial score (nSPS) is 6.00. The summed E-state index contributed by atoms with van der Waals surface area (Å²) in [4.78, 5) is 4.04. The summed E-state index contributed by atoms with van der Waals surface area (Å²) in [6, 6.07) is 0. The fourth-order valence-corrected chi connectivity index (χ4v) is 0. The molecule has 0 saturated heterocycles. The van der Waals surface area contributed by atoms with Crippen molar-refractivity contribution in [1.29, 1.82) is 0 Å². The Balaban J connectivity index is -0.0000000450. The Bertz CT molecular complexity index is 15.5. The van der Waals surface area contributed by atoms with Crippen molar-refractivity contribution < 1.29 is 18.7 Å². The van der Waals surface area contributed by atoms with Gasteiger partial charge in [0.15, 0.2) is 0 Å². The van der Waals surface area contributed by atoms with Crippen LogP contribution < -0.4 is 18.3 Å². The predicted molar refractivity (Wildman–Crippen MR) is 16.9 cm³/mol. The summed E-state index contributed by atoms with van der Waals surface area (Å²) in [5.41, 5.74) is 0. The average molecular weight is 97.5 g/mol. The molecule has 0 saturated carbocycles. The topological polar surface area (TPSA) is 35.2 Å². The van der Waals surface area contributed by atoms with Gasteiger partial charge in [0, 0.05) is 0 Å². The number of nitrogens with two attached hydrogens (primary N) is 1. The van der Waals surface area contributed by atoms with Crippen LogP contribution in [0.5, 0.6) is 0 Å². The molecular weight excluding hydrogens is 89.5 g/mol. The second-order valence-electron chi connectivity index (χ2n) is 0.455. The molecule has 0 fully saturated rings. The van der Waals surface area contributed by atoms with Crippen molar-refractivity contribution in [2.24, 2.45) is 5.90 Å². The van der Waals surface area contributed by atoms with Gasteiger partial charge in [-0.1, -0.05) is 0 Å². The summed E-state index contributed by atoms with van der Waals surface area (Å²) in [6.45, 7) is 2.43. The van der Waals surface area contributed by atoms with E-state index in [1.165, 1.54) is 0 Å². The van der Waals surface area contributed by atoms with E-state index in [0.717, 1.165) is 0 Å². The van der Waals surface area contributed by atoms with E-state index in [-0.39, 0.29) is 13.8 Å². The van der Waals surface area contributed by atoms with Gasteiger partial charge in [0.05, 0.1) is 6.61 Å². The second kappa shape index (κ2) is 8.88. The standard InChI is InChI=1S/C2H7NO.ClH/c1-2-4-3;/h2-3H2,1H3;1H. The molecule has 3 heteroatoms. The fraction of sp³-hybridized carbons (Fsp3) is 1.00. The van der Waals surface area contributed by atoms with Crippen molar-refractivity contribution >= 4 is 0 Å². The molecule has 0 rings (SSSR count). The van der Waals surface area contributed by atoms with Crippen molar-refractivity contribution in [2.75, 3.05) is 6.61 Å². The molecule has 2 N–H and O–H groups in total. The lowest BCUT2D eigenvalue weighted by atomic mass is 10.9. The quantitative estimate of drug-likeness (QED) is 0.355. The molecule has 0 aliphatic heterocycles. The summed E-state index contributed by atoms with van der Waals surface area (Å²) in [5.74, 6) is 4.53. The van der Waals surface area contributed by atoms with Crippen LogP contribution in [0.2, 0.25) is 0 Å². The highest BCUT2D eigenvalue weighted by molar-refractivity contribution is 3.91. The molecule has 0 aromatic carbocycles. The molecule has 0 bridgehead atoms. The maximum absolute atomic E-state index is 4.53. The molecule has 0 atom stereocenters. The van der Waals surface area contributed by atoms with Gasteiger partial charge in [-0.05, 0) is 6.92 Å². The van der Waals surface area contributed by atoms with Gasteiger partial charge in [-0.15, -0.1) is 0 Å². The van der Waals surface area contributed by atoms with Gasteiger partial charge in [-0.3, -0.25) is 0 Å². The van der Waals surface area contributed by atoms with Gasteiger partial charge >= 0.3 is 1.43 Å². The zero-order chi connectivity index (χ0) is 3.41. The second-order valence-corrected chi connectivity index (χ2v) is 0.455. The summed E-state index contributed by atoms with van der Waals surface area (Å²) >= 11 is 0. The first-order valence-corrected chi connectivity index (χ1v) is 1.23. The van der Waals surface area contributed by atoms with E-state index in [1.54, 1.807) is 0 Å². The molecule has 0 spiro atoms. The Morgan fingerprint density at radius 2 is 2.20 bits per heavy atom. The lowest BCUT2D eigenvalue weighted by Crippen LogP contribution is -3.00. The summed E-state index contributed by atoms with van der Waals surface area (Å²) < 4.78 is 0. The average Bonchev–Trinajstić information content (AvgIpc) is 1.37. The van der Waals surface area contributed by atoms with Crippen LogP contribution in [0.1, 0.15) is 8.35 Å². The van der Waals surface area contributed by atoms with E-state index < -0.39 is 0 Å². The fourth-order valence-electron chi connectivity index (χ4n) is 0. The molecule has 2 nitrogen and oxygen atoms in total. The van der Waals surface area contributed by atoms with E-state index in [0.29, 0.717) is 6.61 Å². The number of hydrogen-bond acceptors (Lipinski definition) is 2. The van der Waals surface area contributed by atoms with Gasteiger partial charge in [-0.25, -0.2) is 5.90 Å². The van der Waals surface area contributed by atoms with Gasteiger partial charge in [-0.2, -0.15) is 0 Å². The largest absolute Gasteiger partial charge is 1.00 e. The van der Waals surface area contributed by atoms with Crippen LogP contribution in [0.4, 0.5) is 0 Å². The van der Waals surface area contributed by atoms with E-state index in [1.807, 2.05) is 6.92 Å². The molecule has 0 heterocycles. The molecule has 0 unspecified atom stereocenters. The number of halogens is 1. The monoisotopic (exact) mass is 97.0 g/mol. The summed E-state index contributed by atoms with van der Waals surface area (Å²) in [5, 5.41) is 0. The van der Waals surface area contributed by atoms with Crippen molar-refractivity contribution in [3.8, 4) is 0 Å². The smallest absolute Gasteiger partial charge is 1.00 e. The molecule has 5 heavy (non-hydrogen) atoms. The van der Waals surface area contributed by atoms with E-state index >= 15 is 0 Å². The van der Waals surface area contributed by atoms with Crippen molar-refractivity contribution in [1.82, 2.24) is 0 Å². The minimum absolute atomic E-state index is 0. The Morgan fingerprint density at radius 1 is 2.00 bits per heavy atom. The third-order valence-corrected chi connectivity index (χ3v) is 0.167. The molecule has 0 aliphatic carbocycles. The van der Waals surface area contributed by atoms with E-state index in [4.69, 9.17) is 0 Å². The third kappa shape index (κ3) is 14.0. The molecule has 34 valence electrons. The van der Waals surface area contributed by atoms with E-state index in [9.17, 15) is 0 Å².